The lowest BCUT2D eigenvalue weighted by Crippen LogP contribution is -2.09. The van der Waals surface area contributed by atoms with Gasteiger partial charge in [-0.3, -0.25) is 0 Å². The maximum Gasteiger partial charge on any atom is 0.292 e. The van der Waals surface area contributed by atoms with Crippen LogP contribution in [-0.2, 0) is 6.42 Å². The molecule has 0 amide bonds. The monoisotopic (exact) mass is 180 g/mol. The molecule has 1 aromatic heterocycles. The molecule has 1 aromatic rings. The van der Waals surface area contributed by atoms with E-state index in [1.807, 2.05) is 0 Å². The molecule has 1 aliphatic carbocycles. The van der Waals surface area contributed by atoms with Crippen molar-refractivity contribution in [1.82, 2.24) is 4.98 Å². The molecule has 0 unspecified atom stereocenters. The second kappa shape index (κ2) is 3.81. The Morgan fingerprint density at radius 2 is 2.15 bits per heavy atom. The Labute approximate surface area is 78.3 Å². The highest BCUT2D eigenvalue weighted by atomic mass is 16.4. The van der Waals surface area contributed by atoms with E-state index in [1.54, 1.807) is 6.26 Å². The molecule has 0 aromatic carbocycles. The molecule has 2 N–H and O–H groups in total. The van der Waals surface area contributed by atoms with E-state index in [9.17, 15) is 0 Å². The molecule has 72 valence electrons. The van der Waals surface area contributed by atoms with Crippen LogP contribution in [0.5, 0.6) is 0 Å². The van der Waals surface area contributed by atoms with Gasteiger partial charge in [-0.15, -0.1) is 0 Å². The summed E-state index contributed by atoms with van der Waals surface area (Å²) in [6.45, 7) is 0. The van der Waals surface area contributed by atoms with E-state index in [4.69, 9.17) is 10.2 Å². The summed E-state index contributed by atoms with van der Waals surface area (Å²) in [7, 11) is 0. The van der Waals surface area contributed by atoms with Gasteiger partial charge in [0.15, 0.2) is 0 Å². The lowest BCUT2D eigenvalue weighted by Gasteiger charge is -2.19. The SMILES string of the molecule is Nc1nc(CC2CCCCC2)co1. The zero-order chi connectivity index (χ0) is 9.10. The van der Waals surface area contributed by atoms with Crippen molar-refractivity contribution in [3.8, 4) is 0 Å². The smallest absolute Gasteiger partial charge is 0.292 e. The molecular formula is C10H16N2O. The van der Waals surface area contributed by atoms with Gasteiger partial charge in [0.1, 0.15) is 6.26 Å². The van der Waals surface area contributed by atoms with Crippen LogP contribution in [0.25, 0.3) is 0 Å². The van der Waals surface area contributed by atoms with Crippen LogP contribution >= 0.6 is 0 Å². The van der Waals surface area contributed by atoms with Crippen molar-refractivity contribution < 1.29 is 4.42 Å². The zero-order valence-electron chi connectivity index (χ0n) is 7.83. The van der Waals surface area contributed by atoms with Crippen LogP contribution in [0.15, 0.2) is 10.7 Å². The van der Waals surface area contributed by atoms with E-state index in [2.05, 4.69) is 4.98 Å². The van der Waals surface area contributed by atoms with Crippen LogP contribution in [0, 0.1) is 5.92 Å². The normalized spacial score (nSPS) is 19.1. The summed E-state index contributed by atoms with van der Waals surface area (Å²) in [5, 5.41) is 0. The number of nitrogens with zero attached hydrogens (tertiary/aromatic N) is 1. The van der Waals surface area contributed by atoms with Gasteiger partial charge in [-0.25, -0.2) is 0 Å². The van der Waals surface area contributed by atoms with Crippen molar-refractivity contribution in [2.75, 3.05) is 5.73 Å². The van der Waals surface area contributed by atoms with Crippen LogP contribution in [-0.4, -0.2) is 4.98 Å². The summed E-state index contributed by atoms with van der Waals surface area (Å²) in [5.74, 6) is 0.804. The minimum atomic E-state index is 0.297. The second-order valence-electron chi connectivity index (χ2n) is 3.89. The fraction of sp³-hybridized carbons (Fsp3) is 0.700. The van der Waals surface area contributed by atoms with Gasteiger partial charge < -0.3 is 10.2 Å². The number of anilines is 1. The number of aromatic nitrogens is 1. The molecule has 0 aliphatic heterocycles. The van der Waals surface area contributed by atoms with Crippen molar-refractivity contribution in [2.45, 2.75) is 38.5 Å². The highest BCUT2D eigenvalue weighted by molar-refractivity contribution is 5.12. The molecule has 0 bridgehead atoms. The van der Waals surface area contributed by atoms with E-state index >= 15 is 0 Å². The Hall–Kier alpha value is -0.990. The number of hydrogen-bond donors (Lipinski definition) is 1. The first-order chi connectivity index (χ1) is 6.34. The first kappa shape index (κ1) is 8.60. The van der Waals surface area contributed by atoms with Crippen LogP contribution in [0.1, 0.15) is 37.8 Å². The fourth-order valence-corrected chi connectivity index (χ4v) is 2.10. The molecule has 0 saturated heterocycles. The predicted molar refractivity (Wildman–Crippen MR) is 51.2 cm³/mol. The molecule has 3 heteroatoms. The summed E-state index contributed by atoms with van der Waals surface area (Å²) < 4.78 is 4.97. The third-order valence-corrected chi connectivity index (χ3v) is 2.79. The predicted octanol–water partition coefficient (Wildman–Crippen LogP) is 2.38. The Kier molecular flexibility index (Phi) is 2.52. The molecule has 1 fully saturated rings. The molecule has 1 aliphatic rings. The maximum absolute atomic E-state index is 5.41. The second-order valence-corrected chi connectivity index (χ2v) is 3.89. The van der Waals surface area contributed by atoms with E-state index in [0.717, 1.165) is 18.0 Å². The van der Waals surface area contributed by atoms with Crippen LogP contribution in [0.3, 0.4) is 0 Å². The van der Waals surface area contributed by atoms with Gasteiger partial charge in [-0.05, 0) is 12.3 Å². The van der Waals surface area contributed by atoms with E-state index in [0.29, 0.717) is 6.01 Å². The molecule has 1 saturated carbocycles. The minimum absolute atomic E-state index is 0.297. The summed E-state index contributed by atoms with van der Waals surface area (Å²) in [6, 6.07) is 0.297. The summed E-state index contributed by atoms with van der Waals surface area (Å²) in [5.41, 5.74) is 6.42. The Bertz CT molecular complexity index is 264. The Morgan fingerprint density at radius 3 is 2.77 bits per heavy atom. The number of rotatable bonds is 2. The third kappa shape index (κ3) is 2.23. The first-order valence-electron chi connectivity index (χ1n) is 5.04. The van der Waals surface area contributed by atoms with Crippen molar-refractivity contribution >= 4 is 6.01 Å². The van der Waals surface area contributed by atoms with Gasteiger partial charge >= 0.3 is 0 Å². The van der Waals surface area contributed by atoms with Gasteiger partial charge in [0, 0.05) is 0 Å². The van der Waals surface area contributed by atoms with Gasteiger partial charge in [-0.1, -0.05) is 32.1 Å². The lowest BCUT2D eigenvalue weighted by atomic mass is 9.86. The minimum Gasteiger partial charge on any atom is -0.432 e. The third-order valence-electron chi connectivity index (χ3n) is 2.79. The largest absolute Gasteiger partial charge is 0.432 e. The molecule has 3 nitrogen and oxygen atoms in total. The lowest BCUT2D eigenvalue weighted by molar-refractivity contribution is 0.354. The Morgan fingerprint density at radius 1 is 1.38 bits per heavy atom. The van der Waals surface area contributed by atoms with Gasteiger partial charge in [0.25, 0.3) is 6.01 Å². The van der Waals surface area contributed by atoms with E-state index in [1.165, 1.54) is 32.1 Å². The van der Waals surface area contributed by atoms with Gasteiger partial charge in [0.05, 0.1) is 5.69 Å². The Balaban J connectivity index is 1.89. The highest BCUT2D eigenvalue weighted by Crippen LogP contribution is 2.26. The molecule has 1 heterocycles. The summed E-state index contributed by atoms with van der Waals surface area (Å²) in [4.78, 5) is 4.12. The quantitative estimate of drug-likeness (QED) is 0.760. The first-order valence-corrected chi connectivity index (χ1v) is 5.04. The topological polar surface area (TPSA) is 52.0 Å². The number of hydrogen-bond acceptors (Lipinski definition) is 3. The number of nitrogen functional groups attached to an aromatic ring is 1. The van der Waals surface area contributed by atoms with Crippen molar-refractivity contribution in [3.05, 3.63) is 12.0 Å². The number of nitrogens with two attached hydrogens (primary N) is 1. The van der Waals surface area contributed by atoms with Crippen molar-refractivity contribution in [3.63, 3.8) is 0 Å². The van der Waals surface area contributed by atoms with Gasteiger partial charge in [-0.2, -0.15) is 4.98 Å². The van der Waals surface area contributed by atoms with Crippen LogP contribution < -0.4 is 5.73 Å². The summed E-state index contributed by atoms with van der Waals surface area (Å²) >= 11 is 0. The van der Waals surface area contributed by atoms with Crippen LogP contribution in [0.4, 0.5) is 6.01 Å². The molecule has 0 spiro atoms. The van der Waals surface area contributed by atoms with Crippen molar-refractivity contribution in [1.29, 1.82) is 0 Å². The van der Waals surface area contributed by atoms with Crippen molar-refractivity contribution in [2.24, 2.45) is 5.92 Å². The maximum atomic E-state index is 5.41. The molecule has 2 rings (SSSR count). The molecule has 13 heavy (non-hydrogen) atoms. The number of oxazole rings is 1. The molecule has 0 radical (unpaired) electrons. The molecular weight excluding hydrogens is 164 g/mol. The molecule has 0 atom stereocenters. The zero-order valence-corrected chi connectivity index (χ0v) is 7.83. The van der Waals surface area contributed by atoms with Gasteiger partial charge in [0.2, 0.25) is 0 Å². The van der Waals surface area contributed by atoms with E-state index in [-0.39, 0.29) is 0 Å². The summed E-state index contributed by atoms with van der Waals surface area (Å²) in [6.07, 6.45) is 9.55. The average molecular weight is 180 g/mol. The van der Waals surface area contributed by atoms with Crippen LogP contribution in [0.2, 0.25) is 0 Å². The standard InChI is InChI=1S/C10H16N2O/c11-10-12-9(7-13-10)6-8-4-2-1-3-5-8/h7-8H,1-6H2,(H2,11,12). The fourth-order valence-electron chi connectivity index (χ4n) is 2.10. The highest BCUT2D eigenvalue weighted by Gasteiger charge is 2.15. The average Bonchev–Trinajstić information content (AvgIpc) is 2.53. The van der Waals surface area contributed by atoms with E-state index < -0.39 is 0 Å².